The largest absolute Gasteiger partial charge is 0.365 e. The van der Waals surface area contributed by atoms with Crippen molar-refractivity contribution in [1.82, 2.24) is 15.2 Å². The lowest BCUT2D eigenvalue weighted by atomic mass is 10.1. The molecule has 0 bridgehead atoms. The van der Waals surface area contributed by atoms with Crippen LogP contribution in [0.1, 0.15) is 24.1 Å². The van der Waals surface area contributed by atoms with Crippen molar-refractivity contribution in [2.45, 2.75) is 19.5 Å². The van der Waals surface area contributed by atoms with Crippen LogP contribution in [0.3, 0.4) is 0 Å². The summed E-state index contributed by atoms with van der Waals surface area (Å²) < 4.78 is 0. The SMILES string of the molecule is CC(Nc1nncc(NCc2ccc(Cl)cc2)n1)c1ccccc1. The Kier molecular flexibility index (Phi) is 5.23. The van der Waals surface area contributed by atoms with Crippen LogP contribution in [0.2, 0.25) is 5.02 Å². The Balaban J connectivity index is 1.62. The van der Waals surface area contributed by atoms with Gasteiger partial charge in [0.1, 0.15) is 0 Å². The molecule has 1 atom stereocenters. The zero-order chi connectivity index (χ0) is 16.8. The van der Waals surface area contributed by atoms with Crippen LogP contribution in [0, 0.1) is 0 Å². The molecule has 2 N–H and O–H groups in total. The van der Waals surface area contributed by atoms with Gasteiger partial charge in [-0.1, -0.05) is 54.1 Å². The summed E-state index contributed by atoms with van der Waals surface area (Å²) in [5, 5.41) is 15.3. The molecule has 1 unspecified atom stereocenters. The molecule has 0 spiro atoms. The van der Waals surface area contributed by atoms with Gasteiger partial charge in [0.25, 0.3) is 0 Å². The maximum atomic E-state index is 5.89. The fraction of sp³-hybridized carbons (Fsp3) is 0.167. The number of hydrogen-bond donors (Lipinski definition) is 2. The lowest BCUT2D eigenvalue weighted by molar-refractivity contribution is 0.839. The van der Waals surface area contributed by atoms with Crippen LogP contribution in [0.15, 0.2) is 60.8 Å². The van der Waals surface area contributed by atoms with E-state index >= 15 is 0 Å². The monoisotopic (exact) mass is 339 g/mol. The molecule has 1 heterocycles. The fourth-order valence-electron chi connectivity index (χ4n) is 2.26. The van der Waals surface area contributed by atoms with Crippen molar-refractivity contribution in [2.75, 3.05) is 10.6 Å². The quantitative estimate of drug-likeness (QED) is 0.700. The lowest BCUT2D eigenvalue weighted by Gasteiger charge is -2.14. The fourth-order valence-corrected chi connectivity index (χ4v) is 2.39. The topological polar surface area (TPSA) is 62.7 Å². The summed E-state index contributed by atoms with van der Waals surface area (Å²) in [5.74, 6) is 1.16. The summed E-state index contributed by atoms with van der Waals surface area (Å²) in [5.41, 5.74) is 2.28. The average molecular weight is 340 g/mol. The maximum Gasteiger partial charge on any atom is 0.245 e. The molecule has 1 aromatic heterocycles. The Morgan fingerprint density at radius 1 is 1.04 bits per heavy atom. The van der Waals surface area contributed by atoms with Crippen LogP contribution in [0.4, 0.5) is 11.8 Å². The molecule has 0 amide bonds. The first-order valence-electron chi connectivity index (χ1n) is 7.70. The Morgan fingerprint density at radius 3 is 2.54 bits per heavy atom. The summed E-state index contributed by atoms with van der Waals surface area (Å²) in [7, 11) is 0. The molecule has 6 heteroatoms. The number of anilines is 2. The minimum atomic E-state index is 0.0968. The highest BCUT2D eigenvalue weighted by Gasteiger charge is 2.07. The van der Waals surface area contributed by atoms with Crippen LogP contribution in [-0.4, -0.2) is 15.2 Å². The molecule has 2 aromatic carbocycles. The molecule has 0 aliphatic heterocycles. The maximum absolute atomic E-state index is 5.89. The molecule has 24 heavy (non-hydrogen) atoms. The Hall–Kier alpha value is -2.66. The van der Waals surface area contributed by atoms with Gasteiger partial charge in [-0.15, -0.1) is 5.10 Å². The van der Waals surface area contributed by atoms with Crippen molar-refractivity contribution >= 4 is 23.4 Å². The summed E-state index contributed by atoms with van der Waals surface area (Å²) in [6.07, 6.45) is 1.61. The highest BCUT2D eigenvalue weighted by molar-refractivity contribution is 6.30. The van der Waals surface area contributed by atoms with Crippen LogP contribution in [-0.2, 0) is 6.54 Å². The van der Waals surface area contributed by atoms with Crippen LogP contribution in [0.25, 0.3) is 0 Å². The predicted molar refractivity (Wildman–Crippen MR) is 97.1 cm³/mol. The van der Waals surface area contributed by atoms with Crippen molar-refractivity contribution in [2.24, 2.45) is 0 Å². The van der Waals surface area contributed by atoms with Gasteiger partial charge in [0.15, 0.2) is 5.82 Å². The molecular weight excluding hydrogens is 322 g/mol. The summed E-state index contributed by atoms with van der Waals surface area (Å²) >= 11 is 5.89. The van der Waals surface area contributed by atoms with E-state index < -0.39 is 0 Å². The zero-order valence-corrected chi connectivity index (χ0v) is 14.0. The van der Waals surface area contributed by atoms with E-state index in [1.807, 2.05) is 42.5 Å². The number of benzene rings is 2. The molecule has 3 aromatic rings. The number of rotatable bonds is 6. The van der Waals surface area contributed by atoms with Gasteiger partial charge >= 0.3 is 0 Å². The molecule has 0 radical (unpaired) electrons. The lowest BCUT2D eigenvalue weighted by Crippen LogP contribution is -2.11. The minimum Gasteiger partial charge on any atom is -0.365 e. The van der Waals surface area contributed by atoms with Gasteiger partial charge in [-0.3, -0.25) is 0 Å². The molecule has 0 aliphatic rings. The third-order valence-corrected chi connectivity index (χ3v) is 3.84. The third-order valence-electron chi connectivity index (χ3n) is 3.59. The second-order valence-corrected chi connectivity index (χ2v) is 5.86. The van der Waals surface area contributed by atoms with Gasteiger partial charge in [0.05, 0.1) is 12.2 Å². The molecule has 0 saturated carbocycles. The molecule has 5 nitrogen and oxygen atoms in total. The molecule has 0 fully saturated rings. The molecule has 0 aliphatic carbocycles. The van der Waals surface area contributed by atoms with Gasteiger partial charge < -0.3 is 10.6 Å². The van der Waals surface area contributed by atoms with Crippen molar-refractivity contribution in [3.8, 4) is 0 Å². The second-order valence-electron chi connectivity index (χ2n) is 5.42. The van der Waals surface area contributed by atoms with E-state index in [1.54, 1.807) is 6.20 Å². The Labute approximate surface area is 146 Å². The number of aromatic nitrogens is 3. The van der Waals surface area contributed by atoms with Crippen molar-refractivity contribution in [1.29, 1.82) is 0 Å². The van der Waals surface area contributed by atoms with E-state index in [2.05, 4.69) is 44.9 Å². The standard InChI is InChI=1S/C18H18ClN5/c1-13(15-5-3-2-4-6-15)22-18-23-17(12-21-24-18)20-11-14-7-9-16(19)10-8-14/h2-10,12-13H,11H2,1H3,(H2,20,22,23,24). The van der Waals surface area contributed by atoms with E-state index in [1.165, 1.54) is 5.56 Å². The molecular formula is C18H18ClN5. The van der Waals surface area contributed by atoms with Crippen LogP contribution in [0.5, 0.6) is 0 Å². The van der Waals surface area contributed by atoms with Gasteiger partial charge in [-0.2, -0.15) is 10.1 Å². The number of nitrogens with zero attached hydrogens (tertiary/aromatic N) is 3. The van der Waals surface area contributed by atoms with Gasteiger partial charge in [-0.05, 0) is 30.2 Å². The van der Waals surface area contributed by atoms with E-state index in [0.29, 0.717) is 18.3 Å². The highest BCUT2D eigenvalue weighted by atomic mass is 35.5. The number of hydrogen-bond acceptors (Lipinski definition) is 5. The Bertz CT molecular complexity index is 777. The van der Waals surface area contributed by atoms with Crippen molar-refractivity contribution in [3.05, 3.63) is 76.9 Å². The van der Waals surface area contributed by atoms with E-state index in [0.717, 1.165) is 10.6 Å². The molecule has 122 valence electrons. The minimum absolute atomic E-state index is 0.0968. The van der Waals surface area contributed by atoms with Crippen LogP contribution < -0.4 is 10.6 Å². The van der Waals surface area contributed by atoms with Gasteiger partial charge in [0, 0.05) is 11.6 Å². The first-order valence-corrected chi connectivity index (χ1v) is 8.08. The molecule has 3 rings (SSSR count). The normalized spacial score (nSPS) is 11.8. The van der Waals surface area contributed by atoms with Crippen molar-refractivity contribution < 1.29 is 0 Å². The van der Waals surface area contributed by atoms with Crippen molar-refractivity contribution in [3.63, 3.8) is 0 Å². The zero-order valence-electron chi connectivity index (χ0n) is 13.3. The van der Waals surface area contributed by atoms with Crippen LogP contribution >= 0.6 is 11.6 Å². The van der Waals surface area contributed by atoms with E-state index in [9.17, 15) is 0 Å². The Morgan fingerprint density at radius 2 is 1.79 bits per heavy atom. The second kappa shape index (κ2) is 7.75. The summed E-state index contributed by atoms with van der Waals surface area (Å²) in [6, 6.07) is 17.9. The smallest absolute Gasteiger partial charge is 0.245 e. The third kappa shape index (κ3) is 4.43. The van der Waals surface area contributed by atoms with Gasteiger partial charge in [0.2, 0.25) is 5.95 Å². The first kappa shape index (κ1) is 16.2. The predicted octanol–water partition coefficient (Wildman–Crippen LogP) is 4.31. The van der Waals surface area contributed by atoms with E-state index in [4.69, 9.17) is 11.6 Å². The first-order chi connectivity index (χ1) is 11.7. The number of nitrogens with one attached hydrogen (secondary N) is 2. The van der Waals surface area contributed by atoms with Gasteiger partial charge in [-0.25, -0.2) is 0 Å². The highest BCUT2D eigenvalue weighted by Crippen LogP contribution is 2.17. The van der Waals surface area contributed by atoms with E-state index in [-0.39, 0.29) is 6.04 Å². The molecule has 0 saturated heterocycles. The summed E-state index contributed by atoms with van der Waals surface area (Å²) in [4.78, 5) is 4.45. The average Bonchev–Trinajstić information content (AvgIpc) is 2.62. The summed E-state index contributed by atoms with van der Waals surface area (Å²) in [6.45, 7) is 2.70. The number of halogens is 1.